The Hall–Kier alpha value is -0.350. The summed E-state index contributed by atoms with van der Waals surface area (Å²) in [6.45, 7) is 3.76. The van der Waals surface area contributed by atoms with Crippen molar-refractivity contribution >= 4 is 9.84 Å². The van der Waals surface area contributed by atoms with Crippen LogP contribution in [0.15, 0.2) is 12.2 Å². The molecule has 2 atom stereocenters. The van der Waals surface area contributed by atoms with Crippen molar-refractivity contribution in [2.24, 2.45) is 5.92 Å². The van der Waals surface area contributed by atoms with Crippen LogP contribution < -0.4 is 0 Å². The van der Waals surface area contributed by atoms with E-state index >= 15 is 0 Å². The van der Waals surface area contributed by atoms with Crippen LogP contribution in [0.2, 0.25) is 0 Å². The zero-order chi connectivity index (χ0) is 9.35. The van der Waals surface area contributed by atoms with E-state index in [-0.39, 0.29) is 17.8 Å². The van der Waals surface area contributed by atoms with E-state index in [2.05, 4.69) is 6.58 Å². The van der Waals surface area contributed by atoms with Crippen LogP contribution >= 0.6 is 0 Å². The van der Waals surface area contributed by atoms with Gasteiger partial charge in [0.25, 0.3) is 0 Å². The Morgan fingerprint density at radius 2 is 2.25 bits per heavy atom. The van der Waals surface area contributed by atoms with E-state index in [4.69, 9.17) is 5.11 Å². The number of hydrogen-bond donors (Lipinski definition) is 1. The van der Waals surface area contributed by atoms with Crippen molar-refractivity contribution in [1.29, 1.82) is 0 Å². The molecule has 0 aliphatic heterocycles. The number of aliphatic hydroxyl groups excluding tert-OH is 1. The van der Waals surface area contributed by atoms with Gasteiger partial charge in [0.05, 0.1) is 5.25 Å². The average Bonchev–Trinajstić information content (AvgIpc) is 2.29. The Balaban J connectivity index is 2.73. The highest BCUT2D eigenvalue weighted by molar-refractivity contribution is 7.91. The van der Waals surface area contributed by atoms with Crippen LogP contribution in [0.1, 0.15) is 12.8 Å². The summed E-state index contributed by atoms with van der Waals surface area (Å²) >= 11 is 0. The summed E-state index contributed by atoms with van der Waals surface area (Å²) in [6.07, 6.45) is 2.29. The van der Waals surface area contributed by atoms with Crippen LogP contribution in [0.25, 0.3) is 0 Å². The average molecular weight is 190 g/mol. The third kappa shape index (κ3) is 1.87. The second kappa shape index (κ2) is 3.18. The molecule has 4 heteroatoms. The normalized spacial score (nSPS) is 31.0. The molecule has 0 unspecified atom stereocenters. The fourth-order valence-corrected chi connectivity index (χ4v) is 2.65. The van der Waals surface area contributed by atoms with Crippen LogP contribution in [-0.2, 0) is 9.84 Å². The lowest BCUT2D eigenvalue weighted by Crippen LogP contribution is -2.16. The van der Waals surface area contributed by atoms with Gasteiger partial charge in [-0.1, -0.05) is 12.2 Å². The van der Waals surface area contributed by atoms with Crippen molar-refractivity contribution in [3.05, 3.63) is 12.2 Å². The van der Waals surface area contributed by atoms with Gasteiger partial charge in [-0.15, -0.1) is 0 Å². The second-order valence-corrected chi connectivity index (χ2v) is 5.75. The van der Waals surface area contributed by atoms with Crippen LogP contribution in [-0.4, -0.2) is 31.6 Å². The molecule has 0 radical (unpaired) electrons. The van der Waals surface area contributed by atoms with E-state index < -0.39 is 9.84 Å². The number of rotatable bonds is 2. The summed E-state index contributed by atoms with van der Waals surface area (Å²) in [7, 11) is -2.95. The first-order valence-electron chi connectivity index (χ1n) is 3.92. The highest BCUT2D eigenvalue weighted by Gasteiger charge is 2.33. The molecule has 1 rings (SSSR count). The number of hydrogen-bond acceptors (Lipinski definition) is 3. The van der Waals surface area contributed by atoms with Gasteiger partial charge < -0.3 is 5.11 Å². The lowest BCUT2D eigenvalue weighted by atomic mass is 10.1. The van der Waals surface area contributed by atoms with Gasteiger partial charge in [-0.25, -0.2) is 8.42 Å². The van der Waals surface area contributed by atoms with Gasteiger partial charge in [0, 0.05) is 18.8 Å². The molecule has 1 aliphatic carbocycles. The van der Waals surface area contributed by atoms with Gasteiger partial charge >= 0.3 is 0 Å². The summed E-state index contributed by atoms with van der Waals surface area (Å²) in [5, 5.41) is 8.55. The molecule has 0 aromatic rings. The highest BCUT2D eigenvalue weighted by Crippen LogP contribution is 2.33. The lowest BCUT2D eigenvalue weighted by molar-refractivity contribution is 0.249. The highest BCUT2D eigenvalue weighted by atomic mass is 32.2. The van der Waals surface area contributed by atoms with Crippen molar-refractivity contribution in [2.75, 3.05) is 12.9 Å². The SMILES string of the molecule is C=C1C[C@H](S(C)(=O)=O)C[C@@H]1CO. The Morgan fingerprint density at radius 3 is 2.50 bits per heavy atom. The molecule has 3 nitrogen and oxygen atoms in total. The molecule has 0 amide bonds. The number of aliphatic hydroxyl groups is 1. The molecule has 0 heterocycles. The van der Waals surface area contributed by atoms with E-state index in [1.165, 1.54) is 6.26 Å². The van der Waals surface area contributed by atoms with Crippen molar-refractivity contribution < 1.29 is 13.5 Å². The Morgan fingerprint density at radius 1 is 1.67 bits per heavy atom. The minimum absolute atomic E-state index is 0.00951. The van der Waals surface area contributed by atoms with Crippen LogP contribution in [0.4, 0.5) is 0 Å². The van der Waals surface area contributed by atoms with Crippen molar-refractivity contribution in [2.45, 2.75) is 18.1 Å². The lowest BCUT2D eigenvalue weighted by Gasteiger charge is -2.06. The quantitative estimate of drug-likeness (QED) is 0.640. The van der Waals surface area contributed by atoms with Crippen LogP contribution in [0.3, 0.4) is 0 Å². The predicted molar refractivity (Wildman–Crippen MR) is 47.6 cm³/mol. The zero-order valence-corrected chi connectivity index (χ0v) is 7.97. The molecule has 1 aliphatic rings. The molecule has 0 bridgehead atoms. The standard InChI is InChI=1S/C8H14O3S/c1-6-3-8(12(2,10)11)4-7(6)5-9/h7-9H,1,3-5H2,2H3/t7-,8+/m1/s1. The van der Waals surface area contributed by atoms with E-state index in [0.717, 1.165) is 5.57 Å². The maximum Gasteiger partial charge on any atom is 0.150 e. The molecule has 0 saturated heterocycles. The van der Waals surface area contributed by atoms with E-state index in [1.807, 2.05) is 0 Å². The van der Waals surface area contributed by atoms with Gasteiger partial charge in [-0.2, -0.15) is 0 Å². The van der Waals surface area contributed by atoms with Crippen LogP contribution in [0.5, 0.6) is 0 Å². The first-order valence-corrected chi connectivity index (χ1v) is 5.88. The fourth-order valence-electron chi connectivity index (χ4n) is 1.56. The Bertz CT molecular complexity index is 279. The number of sulfone groups is 1. The van der Waals surface area contributed by atoms with Crippen molar-refractivity contribution in [3.8, 4) is 0 Å². The van der Waals surface area contributed by atoms with Crippen molar-refractivity contribution in [1.82, 2.24) is 0 Å². The minimum Gasteiger partial charge on any atom is -0.396 e. The van der Waals surface area contributed by atoms with E-state index in [0.29, 0.717) is 12.8 Å². The zero-order valence-electron chi connectivity index (χ0n) is 7.16. The first kappa shape index (κ1) is 9.74. The fraction of sp³-hybridized carbons (Fsp3) is 0.750. The summed E-state index contributed by atoms with van der Waals surface area (Å²) in [5.41, 5.74) is 0.868. The van der Waals surface area contributed by atoms with Gasteiger partial charge in [-0.05, 0) is 12.8 Å². The first-order chi connectivity index (χ1) is 5.45. The van der Waals surface area contributed by atoms with Gasteiger partial charge in [0.15, 0.2) is 9.84 Å². The summed E-state index contributed by atoms with van der Waals surface area (Å²) in [4.78, 5) is 0. The molecular weight excluding hydrogens is 176 g/mol. The largest absolute Gasteiger partial charge is 0.396 e. The molecule has 0 aromatic heterocycles. The molecule has 70 valence electrons. The summed E-state index contributed by atoms with van der Waals surface area (Å²) < 4.78 is 22.2. The molecule has 1 saturated carbocycles. The van der Waals surface area contributed by atoms with Gasteiger partial charge in [-0.3, -0.25) is 0 Å². The molecule has 1 fully saturated rings. The smallest absolute Gasteiger partial charge is 0.150 e. The maximum absolute atomic E-state index is 11.1. The topological polar surface area (TPSA) is 54.4 Å². The predicted octanol–water partition coefficient (Wildman–Crippen LogP) is 0.358. The Kier molecular flexibility index (Phi) is 2.58. The molecule has 0 aromatic carbocycles. The third-order valence-corrected chi connectivity index (χ3v) is 4.01. The maximum atomic E-state index is 11.1. The van der Waals surface area contributed by atoms with Crippen molar-refractivity contribution in [3.63, 3.8) is 0 Å². The van der Waals surface area contributed by atoms with Crippen LogP contribution in [0, 0.1) is 5.92 Å². The Labute approximate surface area is 73.0 Å². The molecule has 1 N–H and O–H groups in total. The third-order valence-electron chi connectivity index (χ3n) is 2.44. The summed E-state index contributed by atoms with van der Waals surface area (Å²) in [5.74, 6) is -0.00951. The van der Waals surface area contributed by atoms with E-state index in [9.17, 15) is 8.42 Å². The second-order valence-electron chi connectivity index (χ2n) is 3.43. The molecule has 0 spiro atoms. The van der Waals surface area contributed by atoms with E-state index in [1.54, 1.807) is 0 Å². The summed E-state index contributed by atoms with van der Waals surface area (Å²) in [6, 6.07) is 0. The van der Waals surface area contributed by atoms with Gasteiger partial charge in [0.2, 0.25) is 0 Å². The monoisotopic (exact) mass is 190 g/mol. The minimum atomic E-state index is -2.95. The molecule has 12 heavy (non-hydrogen) atoms. The van der Waals surface area contributed by atoms with Gasteiger partial charge in [0.1, 0.15) is 0 Å². The molecular formula is C8H14O3S.